The molecule has 1 amide bonds. The second-order valence-corrected chi connectivity index (χ2v) is 11.0. The number of amides is 1. The van der Waals surface area contributed by atoms with Crippen LogP contribution in [0.2, 0.25) is 0 Å². The van der Waals surface area contributed by atoms with Crippen molar-refractivity contribution in [2.45, 2.75) is 57.2 Å². The van der Waals surface area contributed by atoms with Gasteiger partial charge in [-0.3, -0.25) is 19.5 Å². The molecule has 13 heteroatoms. The van der Waals surface area contributed by atoms with E-state index in [9.17, 15) is 13.2 Å². The number of rotatable bonds is 10. The summed E-state index contributed by atoms with van der Waals surface area (Å²) in [5.74, 6) is -0.0142. The maximum absolute atomic E-state index is 12.8. The van der Waals surface area contributed by atoms with Gasteiger partial charge < -0.3 is 10.1 Å². The first-order valence-corrected chi connectivity index (χ1v) is 13.8. The van der Waals surface area contributed by atoms with E-state index < -0.39 is 10.0 Å². The molecule has 0 bridgehead atoms. The number of nitrogens with one attached hydrogen (secondary N) is 2. The Morgan fingerprint density at radius 3 is 2.66 bits per heavy atom. The fraction of sp³-hybridized carbons (Fsp3) is 0.455. The maximum Gasteiger partial charge on any atom is 0.282 e. The first kappa shape index (κ1) is 24.9. The molecule has 3 aromatic heterocycles. The zero-order chi connectivity index (χ0) is 24.8. The predicted molar refractivity (Wildman–Crippen MR) is 132 cm³/mol. The Hall–Kier alpha value is -3.19. The van der Waals surface area contributed by atoms with Crippen molar-refractivity contribution >= 4 is 33.0 Å². The molecule has 1 fully saturated rings. The maximum atomic E-state index is 12.8. The van der Waals surface area contributed by atoms with Crippen molar-refractivity contribution < 1.29 is 17.9 Å². The van der Waals surface area contributed by atoms with Gasteiger partial charge in [0.2, 0.25) is 20.9 Å². The van der Waals surface area contributed by atoms with Gasteiger partial charge in [0.05, 0.1) is 47.9 Å². The van der Waals surface area contributed by atoms with Crippen molar-refractivity contribution in [2.24, 2.45) is 0 Å². The van der Waals surface area contributed by atoms with Crippen molar-refractivity contribution in [1.29, 1.82) is 0 Å². The normalized spacial score (nSPS) is 15.0. The standard InChI is InChI=1S/C22H27N7O4S2/c1-3-16(17-10-9-14(11-24-17)29-35(31,32)15-7-5-6-8-15)26-20(30)22-28-27-21(34-22)18-12-23-13-19(25-18)33-4-2/h9-13,15-16,29H,3-8H2,1-2H3,(H,26,30)/t16-/m1/s1. The van der Waals surface area contributed by atoms with E-state index in [0.29, 0.717) is 53.8 Å². The van der Waals surface area contributed by atoms with Crippen molar-refractivity contribution in [3.8, 4) is 16.6 Å². The van der Waals surface area contributed by atoms with Crippen LogP contribution in [0.3, 0.4) is 0 Å². The molecule has 3 aromatic rings. The zero-order valence-electron chi connectivity index (χ0n) is 19.5. The van der Waals surface area contributed by atoms with E-state index in [0.717, 1.165) is 24.2 Å². The quantitative estimate of drug-likeness (QED) is 0.413. The van der Waals surface area contributed by atoms with Crippen LogP contribution >= 0.6 is 11.3 Å². The van der Waals surface area contributed by atoms with Crippen molar-refractivity contribution in [3.05, 3.63) is 41.4 Å². The Morgan fingerprint density at radius 1 is 1.17 bits per heavy atom. The van der Waals surface area contributed by atoms with Gasteiger partial charge in [0, 0.05) is 0 Å². The van der Waals surface area contributed by atoms with E-state index in [1.807, 2.05) is 13.8 Å². The molecule has 1 saturated carbocycles. The van der Waals surface area contributed by atoms with Gasteiger partial charge in [-0.1, -0.05) is 31.1 Å². The van der Waals surface area contributed by atoms with E-state index in [1.54, 1.807) is 12.1 Å². The Kier molecular flexibility index (Phi) is 7.86. The van der Waals surface area contributed by atoms with Crippen LogP contribution in [-0.2, 0) is 10.0 Å². The fourth-order valence-electron chi connectivity index (χ4n) is 3.81. The Labute approximate surface area is 207 Å². The zero-order valence-corrected chi connectivity index (χ0v) is 21.1. The first-order chi connectivity index (χ1) is 16.9. The second kappa shape index (κ2) is 11.0. The molecular weight excluding hydrogens is 490 g/mol. The minimum Gasteiger partial charge on any atom is -0.477 e. The Balaban J connectivity index is 1.41. The predicted octanol–water partition coefficient (Wildman–Crippen LogP) is 3.35. The number of hydrogen-bond donors (Lipinski definition) is 2. The lowest BCUT2D eigenvalue weighted by Crippen LogP contribution is -2.29. The molecule has 0 aliphatic heterocycles. The molecule has 4 rings (SSSR count). The summed E-state index contributed by atoms with van der Waals surface area (Å²) in [4.78, 5) is 25.6. The minimum absolute atomic E-state index is 0.183. The molecule has 11 nitrogen and oxygen atoms in total. The third kappa shape index (κ3) is 6.09. The Morgan fingerprint density at radius 2 is 1.97 bits per heavy atom. The van der Waals surface area contributed by atoms with Crippen LogP contribution in [0.5, 0.6) is 5.88 Å². The van der Waals surface area contributed by atoms with Crippen LogP contribution < -0.4 is 14.8 Å². The summed E-state index contributed by atoms with van der Waals surface area (Å²) in [5.41, 5.74) is 1.49. The number of ether oxygens (including phenoxy) is 1. The highest BCUT2D eigenvalue weighted by atomic mass is 32.2. The largest absolute Gasteiger partial charge is 0.477 e. The molecular formula is C22H27N7O4S2. The molecule has 0 spiro atoms. The van der Waals surface area contributed by atoms with E-state index in [2.05, 4.69) is 35.2 Å². The molecule has 0 saturated heterocycles. The third-order valence-electron chi connectivity index (χ3n) is 5.60. The number of sulfonamides is 1. The molecule has 186 valence electrons. The molecule has 1 atom stereocenters. The average Bonchev–Trinajstić information content (AvgIpc) is 3.57. The van der Waals surface area contributed by atoms with Gasteiger partial charge in [0.1, 0.15) is 5.69 Å². The smallest absolute Gasteiger partial charge is 0.282 e. The second-order valence-electron chi connectivity index (χ2n) is 8.05. The highest BCUT2D eigenvalue weighted by Crippen LogP contribution is 2.27. The third-order valence-corrected chi connectivity index (χ3v) is 8.41. The van der Waals surface area contributed by atoms with Crippen LogP contribution in [0.4, 0.5) is 5.69 Å². The van der Waals surface area contributed by atoms with Gasteiger partial charge in [-0.25, -0.2) is 13.4 Å². The van der Waals surface area contributed by atoms with Gasteiger partial charge in [-0.05, 0) is 38.3 Å². The van der Waals surface area contributed by atoms with Crippen molar-refractivity contribution in [2.75, 3.05) is 11.3 Å². The topological polar surface area (TPSA) is 149 Å². The van der Waals surface area contributed by atoms with Crippen LogP contribution in [0.1, 0.15) is 67.5 Å². The summed E-state index contributed by atoms with van der Waals surface area (Å²) in [6.45, 7) is 4.23. The molecule has 35 heavy (non-hydrogen) atoms. The highest BCUT2D eigenvalue weighted by molar-refractivity contribution is 7.93. The molecule has 1 aliphatic carbocycles. The summed E-state index contributed by atoms with van der Waals surface area (Å²) < 4.78 is 33.0. The van der Waals surface area contributed by atoms with E-state index in [1.165, 1.54) is 18.6 Å². The number of pyridine rings is 1. The van der Waals surface area contributed by atoms with E-state index in [-0.39, 0.29) is 22.2 Å². The minimum atomic E-state index is -3.42. The number of nitrogens with zero attached hydrogens (tertiary/aromatic N) is 5. The number of carbonyl (C=O) groups excluding carboxylic acids is 1. The van der Waals surface area contributed by atoms with Gasteiger partial charge in [-0.15, -0.1) is 10.2 Å². The molecule has 1 aliphatic rings. The molecule has 0 radical (unpaired) electrons. The van der Waals surface area contributed by atoms with Crippen LogP contribution in [0, 0.1) is 0 Å². The van der Waals surface area contributed by atoms with E-state index >= 15 is 0 Å². The van der Waals surface area contributed by atoms with Gasteiger partial charge in [-0.2, -0.15) is 0 Å². The number of hydrogen-bond acceptors (Lipinski definition) is 10. The molecule has 0 unspecified atom stereocenters. The molecule has 2 N–H and O–H groups in total. The number of carbonyl (C=O) groups is 1. The highest BCUT2D eigenvalue weighted by Gasteiger charge is 2.28. The number of anilines is 1. The first-order valence-electron chi connectivity index (χ1n) is 11.5. The summed E-state index contributed by atoms with van der Waals surface area (Å²) in [6.07, 6.45) is 8.33. The summed E-state index contributed by atoms with van der Waals surface area (Å²) in [5, 5.41) is 11.3. The van der Waals surface area contributed by atoms with Crippen molar-refractivity contribution in [3.63, 3.8) is 0 Å². The summed E-state index contributed by atoms with van der Waals surface area (Å²) in [7, 11) is -3.42. The van der Waals surface area contributed by atoms with Crippen LogP contribution in [-0.4, -0.2) is 51.3 Å². The van der Waals surface area contributed by atoms with Gasteiger partial charge in [0.25, 0.3) is 5.91 Å². The van der Waals surface area contributed by atoms with Gasteiger partial charge >= 0.3 is 0 Å². The number of aromatic nitrogens is 5. The van der Waals surface area contributed by atoms with Crippen LogP contribution in [0.15, 0.2) is 30.7 Å². The summed E-state index contributed by atoms with van der Waals surface area (Å²) >= 11 is 1.10. The summed E-state index contributed by atoms with van der Waals surface area (Å²) in [6, 6.07) is 2.99. The average molecular weight is 518 g/mol. The Bertz CT molecular complexity index is 1260. The van der Waals surface area contributed by atoms with Crippen LogP contribution in [0.25, 0.3) is 10.7 Å². The monoisotopic (exact) mass is 517 g/mol. The van der Waals surface area contributed by atoms with E-state index in [4.69, 9.17) is 4.74 Å². The lowest BCUT2D eigenvalue weighted by atomic mass is 10.1. The van der Waals surface area contributed by atoms with Gasteiger partial charge in [0.15, 0.2) is 5.01 Å². The lowest BCUT2D eigenvalue weighted by molar-refractivity contribution is 0.0933. The van der Waals surface area contributed by atoms with Crippen molar-refractivity contribution in [1.82, 2.24) is 30.5 Å². The molecule has 0 aromatic carbocycles. The fourth-order valence-corrected chi connectivity index (χ4v) is 6.08. The molecule has 3 heterocycles. The SMILES string of the molecule is CCOc1cncc(-c2nnc(C(=O)N[C@H](CC)c3ccc(NS(=O)(=O)C4CCCC4)cn3)s2)n1. The lowest BCUT2D eigenvalue weighted by Gasteiger charge is -2.17.